The second-order valence-electron chi connectivity index (χ2n) is 2.20. The molecule has 0 amide bonds. The summed E-state index contributed by atoms with van der Waals surface area (Å²) in [5.74, 6) is 0.458. The van der Waals surface area contributed by atoms with Crippen molar-refractivity contribution in [1.82, 2.24) is 5.32 Å². The first-order valence-electron chi connectivity index (χ1n) is 2.69. The minimum absolute atomic E-state index is 0.0972. The van der Waals surface area contributed by atoms with Gasteiger partial charge in [0.05, 0.1) is 6.10 Å². The Kier molecular flexibility index (Phi) is 1.30. The number of rotatable bonds is 0. The van der Waals surface area contributed by atoms with Crippen LogP contribution in [0.1, 0.15) is 6.92 Å². The van der Waals surface area contributed by atoms with Crippen LogP contribution in [0.2, 0.25) is 0 Å². The van der Waals surface area contributed by atoms with E-state index in [1.54, 1.807) is 0 Å². The minimum atomic E-state index is -0.0972. The van der Waals surface area contributed by atoms with Crippen molar-refractivity contribution >= 4 is 0 Å². The van der Waals surface area contributed by atoms with Crippen LogP contribution in [0.25, 0.3) is 0 Å². The normalized spacial score (nSPS) is 42.0. The monoisotopic (exact) mass is 101 g/mol. The first-order valence-corrected chi connectivity index (χ1v) is 2.69. The predicted octanol–water partition coefficient (Wildman–Crippen LogP) is -0.413. The third-order valence-corrected chi connectivity index (χ3v) is 1.48. The highest BCUT2D eigenvalue weighted by Gasteiger charge is 2.18. The van der Waals surface area contributed by atoms with Gasteiger partial charge in [-0.15, -0.1) is 0 Å². The van der Waals surface area contributed by atoms with E-state index in [2.05, 4.69) is 5.32 Å². The Bertz CT molecular complexity index is 57.1. The molecule has 1 unspecified atom stereocenters. The number of hydrogen-bond acceptors (Lipinski definition) is 2. The molecule has 1 heterocycles. The first-order chi connectivity index (χ1) is 3.30. The molecule has 7 heavy (non-hydrogen) atoms. The summed E-state index contributed by atoms with van der Waals surface area (Å²) in [6.07, 6.45) is -0.0972. The Balaban J connectivity index is 2.33. The molecule has 1 aliphatic rings. The van der Waals surface area contributed by atoms with Gasteiger partial charge >= 0.3 is 0 Å². The fourth-order valence-electron chi connectivity index (χ4n) is 0.796. The number of aliphatic hydroxyl groups excluding tert-OH is 1. The van der Waals surface area contributed by atoms with E-state index in [1.807, 2.05) is 6.92 Å². The molecule has 0 saturated carbocycles. The van der Waals surface area contributed by atoms with Crippen LogP contribution >= 0.6 is 0 Å². The van der Waals surface area contributed by atoms with Crippen molar-refractivity contribution in [2.75, 3.05) is 13.1 Å². The minimum Gasteiger partial charge on any atom is -0.391 e. The van der Waals surface area contributed by atoms with Gasteiger partial charge in [0.15, 0.2) is 0 Å². The molecule has 2 nitrogen and oxygen atoms in total. The van der Waals surface area contributed by atoms with E-state index in [-0.39, 0.29) is 6.10 Å². The van der Waals surface area contributed by atoms with Crippen molar-refractivity contribution < 1.29 is 5.11 Å². The molecule has 1 aliphatic heterocycles. The van der Waals surface area contributed by atoms with Gasteiger partial charge in [0.25, 0.3) is 0 Å². The van der Waals surface area contributed by atoms with Gasteiger partial charge in [0, 0.05) is 13.1 Å². The third kappa shape index (κ3) is 0.924. The lowest BCUT2D eigenvalue weighted by molar-refractivity contribution is 0.156. The van der Waals surface area contributed by atoms with E-state index in [9.17, 15) is 0 Å². The summed E-state index contributed by atoms with van der Waals surface area (Å²) in [5.41, 5.74) is 0. The van der Waals surface area contributed by atoms with Crippen molar-refractivity contribution in [3.05, 3.63) is 0 Å². The van der Waals surface area contributed by atoms with Gasteiger partial charge in [-0.05, 0) is 5.92 Å². The summed E-state index contributed by atoms with van der Waals surface area (Å²) in [7, 11) is 0. The van der Waals surface area contributed by atoms with Crippen LogP contribution in [0, 0.1) is 5.92 Å². The lowest BCUT2D eigenvalue weighted by atomic mass is 10.1. The van der Waals surface area contributed by atoms with Gasteiger partial charge in [-0.3, -0.25) is 0 Å². The van der Waals surface area contributed by atoms with Crippen LogP contribution in [0.3, 0.4) is 0 Å². The van der Waals surface area contributed by atoms with Crippen molar-refractivity contribution in [3.8, 4) is 0 Å². The van der Waals surface area contributed by atoms with Crippen LogP contribution in [-0.4, -0.2) is 24.3 Å². The standard InChI is InChI=1S/C5H11NO/c1-4-2-6-3-5(4)7/h4-7H,2-3H2,1H3/t4?,5-/m1/s1. The predicted molar refractivity (Wildman–Crippen MR) is 28.0 cm³/mol. The molecular formula is C5H11NO. The van der Waals surface area contributed by atoms with Crippen LogP contribution in [0.15, 0.2) is 0 Å². The molecule has 0 aromatic heterocycles. The van der Waals surface area contributed by atoms with Crippen LogP contribution in [0.5, 0.6) is 0 Å². The van der Waals surface area contributed by atoms with Crippen molar-refractivity contribution in [3.63, 3.8) is 0 Å². The summed E-state index contributed by atoms with van der Waals surface area (Å²) < 4.78 is 0. The van der Waals surface area contributed by atoms with Crippen molar-refractivity contribution in [1.29, 1.82) is 0 Å². The molecule has 0 aliphatic carbocycles. The molecule has 1 rings (SSSR count). The zero-order valence-corrected chi connectivity index (χ0v) is 4.52. The Morgan fingerprint density at radius 3 is 2.43 bits per heavy atom. The van der Waals surface area contributed by atoms with Crippen LogP contribution in [-0.2, 0) is 0 Å². The average molecular weight is 101 g/mol. The molecule has 1 saturated heterocycles. The summed E-state index contributed by atoms with van der Waals surface area (Å²) in [6.45, 7) is 3.80. The first kappa shape index (κ1) is 5.06. The van der Waals surface area contributed by atoms with E-state index in [4.69, 9.17) is 5.11 Å². The summed E-state index contributed by atoms with van der Waals surface area (Å²) >= 11 is 0. The second-order valence-corrected chi connectivity index (χ2v) is 2.20. The number of nitrogens with one attached hydrogen (secondary N) is 1. The Morgan fingerprint density at radius 1 is 1.57 bits per heavy atom. The molecular weight excluding hydrogens is 90.1 g/mol. The fraction of sp³-hybridized carbons (Fsp3) is 1.00. The molecule has 0 radical (unpaired) electrons. The van der Waals surface area contributed by atoms with Gasteiger partial charge in [-0.2, -0.15) is 0 Å². The van der Waals surface area contributed by atoms with Gasteiger partial charge in [0.1, 0.15) is 0 Å². The molecule has 0 aromatic rings. The molecule has 2 atom stereocenters. The van der Waals surface area contributed by atoms with Crippen LogP contribution in [0.4, 0.5) is 0 Å². The molecule has 0 bridgehead atoms. The highest BCUT2D eigenvalue weighted by atomic mass is 16.3. The SMILES string of the molecule is CC1CNC[C@H]1O. The van der Waals surface area contributed by atoms with E-state index < -0.39 is 0 Å². The van der Waals surface area contributed by atoms with Gasteiger partial charge in [-0.1, -0.05) is 6.92 Å². The topological polar surface area (TPSA) is 32.3 Å². The highest BCUT2D eigenvalue weighted by molar-refractivity contribution is 4.75. The number of hydrogen-bond donors (Lipinski definition) is 2. The molecule has 2 heteroatoms. The average Bonchev–Trinajstić information content (AvgIpc) is 1.91. The van der Waals surface area contributed by atoms with Gasteiger partial charge in [-0.25, -0.2) is 0 Å². The van der Waals surface area contributed by atoms with Crippen molar-refractivity contribution in [2.24, 2.45) is 5.92 Å². The van der Waals surface area contributed by atoms with Gasteiger partial charge in [0.2, 0.25) is 0 Å². The maximum absolute atomic E-state index is 8.94. The second kappa shape index (κ2) is 1.80. The van der Waals surface area contributed by atoms with E-state index in [0.29, 0.717) is 5.92 Å². The zero-order chi connectivity index (χ0) is 5.28. The number of aliphatic hydroxyl groups is 1. The number of β-amino-alcohol motifs (C(OH)–C–C–N with tert-alkyl or cyclic N) is 1. The Morgan fingerprint density at radius 2 is 2.29 bits per heavy atom. The molecule has 1 fully saturated rings. The van der Waals surface area contributed by atoms with E-state index in [0.717, 1.165) is 13.1 Å². The highest BCUT2D eigenvalue weighted by Crippen LogP contribution is 2.05. The van der Waals surface area contributed by atoms with Gasteiger partial charge < -0.3 is 10.4 Å². The van der Waals surface area contributed by atoms with Crippen molar-refractivity contribution in [2.45, 2.75) is 13.0 Å². The Labute approximate surface area is 43.5 Å². The summed E-state index contributed by atoms with van der Waals surface area (Å²) in [4.78, 5) is 0. The largest absolute Gasteiger partial charge is 0.391 e. The molecule has 0 aromatic carbocycles. The van der Waals surface area contributed by atoms with E-state index in [1.165, 1.54) is 0 Å². The molecule has 0 spiro atoms. The fourth-order valence-corrected chi connectivity index (χ4v) is 0.796. The maximum atomic E-state index is 8.94. The quantitative estimate of drug-likeness (QED) is 0.434. The lowest BCUT2D eigenvalue weighted by Gasteiger charge is -2.02. The lowest BCUT2D eigenvalue weighted by Crippen LogP contribution is -2.14. The Hall–Kier alpha value is -0.0800. The van der Waals surface area contributed by atoms with E-state index >= 15 is 0 Å². The summed E-state index contributed by atoms with van der Waals surface area (Å²) in [5, 5.41) is 12.0. The smallest absolute Gasteiger partial charge is 0.0702 e. The summed E-state index contributed by atoms with van der Waals surface area (Å²) in [6, 6.07) is 0. The van der Waals surface area contributed by atoms with Crippen LogP contribution < -0.4 is 5.32 Å². The third-order valence-electron chi connectivity index (χ3n) is 1.48. The molecule has 2 N–H and O–H groups in total. The maximum Gasteiger partial charge on any atom is 0.0702 e. The molecule has 42 valence electrons. The zero-order valence-electron chi connectivity index (χ0n) is 4.52.